The summed E-state index contributed by atoms with van der Waals surface area (Å²) in [5.41, 5.74) is 0. The van der Waals surface area contributed by atoms with Crippen LogP contribution in [0.5, 0.6) is 0 Å². The third-order valence-electron chi connectivity index (χ3n) is 0.522. The molecule has 3 atom stereocenters. The van der Waals surface area contributed by atoms with Gasteiger partial charge in [0, 0.05) is 0 Å². The Hall–Kier alpha value is 0.260. The van der Waals surface area contributed by atoms with Crippen LogP contribution in [0.2, 0.25) is 0 Å². The van der Waals surface area contributed by atoms with E-state index in [0.29, 0.717) is 0 Å². The summed E-state index contributed by atoms with van der Waals surface area (Å²) < 4.78 is 27.7. The summed E-state index contributed by atoms with van der Waals surface area (Å²) in [7, 11) is -6.30. The second-order valence-electron chi connectivity index (χ2n) is 1.40. The van der Waals surface area contributed by atoms with Crippen molar-refractivity contribution in [2.45, 2.75) is 13.2 Å². The fraction of sp³-hybridized carbons (Fsp3) is 1.00. The Morgan fingerprint density at radius 1 is 1.27 bits per heavy atom. The van der Waals surface area contributed by atoms with Gasteiger partial charge in [-0.15, -0.1) is 4.67 Å². The van der Waals surface area contributed by atoms with Crippen LogP contribution in [-0.4, -0.2) is 16.1 Å². The second kappa shape index (κ2) is 5.85. The van der Waals surface area contributed by atoms with E-state index < -0.39 is 22.8 Å². The van der Waals surface area contributed by atoms with E-state index in [2.05, 4.69) is 14.1 Å². The Labute approximate surface area is 63.7 Å². The van der Waals surface area contributed by atoms with Crippen molar-refractivity contribution in [3.63, 3.8) is 0 Å². The third kappa shape index (κ3) is 8.16. The highest BCUT2D eigenvalue weighted by Crippen LogP contribution is 2.22. The maximum atomic E-state index is 9.95. The van der Waals surface area contributed by atoms with E-state index in [9.17, 15) is 9.13 Å². The third-order valence-corrected chi connectivity index (χ3v) is 1.29. The Balaban J connectivity index is 3.44. The zero-order valence-corrected chi connectivity index (χ0v) is 7.51. The van der Waals surface area contributed by atoms with Crippen LogP contribution in [0.3, 0.4) is 0 Å². The van der Waals surface area contributed by atoms with Gasteiger partial charge in [0.1, 0.15) is 0 Å². The summed E-state index contributed by atoms with van der Waals surface area (Å²) in [4.78, 5) is 20.2. The molecule has 0 spiro atoms. The first-order valence-corrected chi connectivity index (χ1v) is 5.01. The van der Waals surface area contributed by atoms with Gasteiger partial charge in [0.15, 0.2) is 6.29 Å². The van der Waals surface area contributed by atoms with Crippen molar-refractivity contribution >= 4 is 16.5 Å². The van der Waals surface area contributed by atoms with Gasteiger partial charge < -0.3 is 9.79 Å². The SMILES string of the molecule is CC(OO[PH](=O)O)O[PH](=O)O. The van der Waals surface area contributed by atoms with Crippen molar-refractivity contribution in [2.24, 2.45) is 0 Å². The topological polar surface area (TPSA) is 102 Å². The van der Waals surface area contributed by atoms with Gasteiger partial charge in [0.2, 0.25) is 0 Å². The van der Waals surface area contributed by atoms with Crippen molar-refractivity contribution < 1.29 is 33.0 Å². The molecule has 0 aliphatic heterocycles. The summed E-state index contributed by atoms with van der Waals surface area (Å²) in [5.74, 6) is 0. The van der Waals surface area contributed by atoms with Crippen molar-refractivity contribution in [2.75, 3.05) is 0 Å². The highest BCUT2D eigenvalue weighted by atomic mass is 31.1. The van der Waals surface area contributed by atoms with Crippen LogP contribution in [-0.2, 0) is 23.2 Å². The minimum absolute atomic E-state index is 1.15. The molecule has 2 N–H and O–H groups in total. The summed E-state index contributed by atoms with van der Waals surface area (Å²) in [6.07, 6.45) is -1.15. The number of rotatable bonds is 5. The molecule has 9 heteroatoms. The molecule has 0 aliphatic rings. The molecule has 0 saturated heterocycles. The van der Waals surface area contributed by atoms with Gasteiger partial charge in [-0.3, -0.25) is 13.7 Å². The van der Waals surface area contributed by atoms with Crippen molar-refractivity contribution in [3.05, 3.63) is 0 Å². The zero-order chi connectivity index (χ0) is 8.85. The molecule has 11 heavy (non-hydrogen) atoms. The minimum atomic E-state index is -3.19. The number of hydrogen-bond acceptors (Lipinski definition) is 5. The van der Waals surface area contributed by atoms with Crippen molar-refractivity contribution in [1.82, 2.24) is 0 Å². The average Bonchev–Trinajstić information content (AvgIpc) is 1.82. The predicted octanol–water partition coefficient (Wildman–Crippen LogP) is 0.0612. The standard InChI is InChI=1S/C2H8O7P2/c1-2(8-10(3)4)7-9-11(5)6/h2,10-11H,1H3,(H,3,4)(H,5,6). The molecule has 0 rings (SSSR count). The van der Waals surface area contributed by atoms with Crippen LogP contribution < -0.4 is 0 Å². The fourth-order valence-electron chi connectivity index (χ4n) is 0.271. The maximum absolute atomic E-state index is 9.95. The van der Waals surface area contributed by atoms with Crippen LogP contribution in [0.15, 0.2) is 0 Å². The lowest BCUT2D eigenvalue weighted by atomic mass is 10.8. The molecular weight excluding hydrogens is 198 g/mol. The molecule has 68 valence electrons. The monoisotopic (exact) mass is 206 g/mol. The first kappa shape index (κ1) is 11.3. The molecule has 0 fully saturated rings. The largest absolute Gasteiger partial charge is 0.344 e. The predicted molar refractivity (Wildman–Crippen MR) is 35.2 cm³/mol. The summed E-state index contributed by atoms with van der Waals surface area (Å²) in [5, 5.41) is 0. The first-order chi connectivity index (χ1) is 5.02. The second-order valence-corrected chi connectivity index (χ2v) is 2.86. The molecule has 0 amide bonds. The highest BCUT2D eigenvalue weighted by molar-refractivity contribution is 7.32. The summed E-state index contributed by atoms with van der Waals surface area (Å²) >= 11 is 0. The van der Waals surface area contributed by atoms with Gasteiger partial charge in [-0.1, -0.05) is 0 Å². The molecule has 0 aliphatic carbocycles. The first-order valence-electron chi connectivity index (χ1n) is 2.48. The van der Waals surface area contributed by atoms with E-state index in [-0.39, 0.29) is 0 Å². The Kier molecular flexibility index (Phi) is 5.99. The smallest absolute Gasteiger partial charge is 0.326 e. The van der Waals surface area contributed by atoms with Gasteiger partial charge in [0.05, 0.1) is 0 Å². The van der Waals surface area contributed by atoms with Crippen molar-refractivity contribution in [1.29, 1.82) is 0 Å². The molecular formula is C2H8O7P2. The fourth-order valence-corrected chi connectivity index (χ4v) is 0.812. The van der Waals surface area contributed by atoms with E-state index in [1.807, 2.05) is 0 Å². The van der Waals surface area contributed by atoms with E-state index in [4.69, 9.17) is 9.79 Å². The quantitative estimate of drug-likeness (QED) is 0.283. The van der Waals surface area contributed by atoms with Crippen LogP contribution in [0, 0.1) is 0 Å². The van der Waals surface area contributed by atoms with Crippen molar-refractivity contribution in [3.8, 4) is 0 Å². The summed E-state index contributed by atoms with van der Waals surface area (Å²) in [6, 6.07) is 0. The molecule has 0 aromatic carbocycles. The van der Waals surface area contributed by atoms with E-state index >= 15 is 0 Å². The van der Waals surface area contributed by atoms with Gasteiger partial charge >= 0.3 is 16.5 Å². The lowest BCUT2D eigenvalue weighted by Gasteiger charge is -2.07. The van der Waals surface area contributed by atoms with Gasteiger partial charge in [-0.2, -0.15) is 4.89 Å². The van der Waals surface area contributed by atoms with Crippen LogP contribution in [0.1, 0.15) is 6.92 Å². The molecule has 7 nitrogen and oxygen atoms in total. The Morgan fingerprint density at radius 2 is 1.82 bits per heavy atom. The highest BCUT2D eigenvalue weighted by Gasteiger charge is 2.06. The van der Waals surface area contributed by atoms with E-state index in [1.54, 1.807) is 0 Å². The molecule has 0 bridgehead atoms. The average molecular weight is 206 g/mol. The van der Waals surface area contributed by atoms with Crippen LogP contribution in [0.4, 0.5) is 0 Å². The van der Waals surface area contributed by atoms with Gasteiger partial charge in [-0.05, 0) is 6.92 Å². The summed E-state index contributed by atoms with van der Waals surface area (Å²) in [6.45, 7) is 1.24. The van der Waals surface area contributed by atoms with Gasteiger partial charge in [0.25, 0.3) is 0 Å². The molecule has 0 saturated carbocycles. The van der Waals surface area contributed by atoms with E-state index in [0.717, 1.165) is 0 Å². The molecule has 3 unspecified atom stereocenters. The van der Waals surface area contributed by atoms with Crippen LogP contribution >= 0.6 is 16.5 Å². The number of hydrogen-bond donors (Lipinski definition) is 2. The minimum Gasteiger partial charge on any atom is -0.326 e. The van der Waals surface area contributed by atoms with E-state index in [1.165, 1.54) is 6.92 Å². The molecule has 0 radical (unpaired) electrons. The van der Waals surface area contributed by atoms with Gasteiger partial charge in [-0.25, -0.2) is 0 Å². The zero-order valence-electron chi connectivity index (χ0n) is 5.51. The molecule has 0 aromatic heterocycles. The lowest BCUT2D eigenvalue weighted by molar-refractivity contribution is -0.290. The Morgan fingerprint density at radius 3 is 2.18 bits per heavy atom. The van der Waals surface area contributed by atoms with Crippen LogP contribution in [0.25, 0.3) is 0 Å². The lowest BCUT2D eigenvalue weighted by Crippen LogP contribution is -2.06. The maximum Gasteiger partial charge on any atom is 0.344 e. The normalized spacial score (nSPS) is 19.2. The molecule has 0 heterocycles. The Bertz CT molecular complexity index is 157. The molecule has 0 aromatic rings.